The smallest absolute Gasteiger partial charge is 0.308 e. The van der Waals surface area contributed by atoms with E-state index in [-0.39, 0.29) is 5.91 Å². The van der Waals surface area contributed by atoms with Gasteiger partial charge in [0.2, 0.25) is 0 Å². The fourth-order valence-corrected chi connectivity index (χ4v) is 3.43. The van der Waals surface area contributed by atoms with Crippen molar-refractivity contribution in [3.63, 3.8) is 0 Å². The summed E-state index contributed by atoms with van der Waals surface area (Å²) in [6, 6.07) is 5.15. The standard InChI is InChI=1S/C16H17NO4S2/c1-4-17-15(19)14(23-16(17)22)9-11-6-7-12(21-10(3)18)13(8-11)20-5-2/h6-9H,4-5H2,1-3H3. The Labute approximate surface area is 144 Å². The first kappa shape index (κ1) is 17.5. The summed E-state index contributed by atoms with van der Waals surface area (Å²) in [7, 11) is 0. The molecule has 1 fully saturated rings. The van der Waals surface area contributed by atoms with Crippen LogP contribution >= 0.6 is 24.0 Å². The zero-order chi connectivity index (χ0) is 17.0. The molecule has 0 spiro atoms. The van der Waals surface area contributed by atoms with Gasteiger partial charge in [0, 0.05) is 13.5 Å². The number of hydrogen-bond donors (Lipinski definition) is 0. The molecular weight excluding hydrogens is 334 g/mol. The Morgan fingerprint density at radius 2 is 2.09 bits per heavy atom. The van der Waals surface area contributed by atoms with Crippen LogP contribution in [0.5, 0.6) is 11.5 Å². The van der Waals surface area contributed by atoms with Gasteiger partial charge in [-0.3, -0.25) is 14.5 Å². The third-order valence-electron chi connectivity index (χ3n) is 3.01. The SMILES string of the molecule is CCOc1cc(C=C2SC(=S)N(CC)C2=O)ccc1OC(C)=O. The van der Waals surface area contributed by atoms with Gasteiger partial charge in [0.05, 0.1) is 11.5 Å². The normalized spacial score (nSPS) is 16.1. The van der Waals surface area contributed by atoms with Crippen LogP contribution in [-0.2, 0) is 9.59 Å². The van der Waals surface area contributed by atoms with Crippen molar-refractivity contribution in [3.05, 3.63) is 28.7 Å². The van der Waals surface area contributed by atoms with Gasteiger partial charge in [0.25, 0.3) is 5.91 Å². The van der Waals surface area contributed by atoms with Crippen molar-refractivity contribution in [2.45, 2.75) is 20.8 Å². The fraction of sp³-hybridized carbons (Fsp3) is 0.312. The third kappa shape index (κ3) is 4.11. The number of hydrogen-bond acceptors (Lipinski definition) is 6. The van der Waals surface area contributed by atoms with Crippen LogP contribution in [0, 0.1) is 0 Å². The first-order chi connectivity index (χ1) is 11.0. The van der Waals surface area contributed by atoms with Crippen molar-refractivity contribution in [2.24, 2.45) is 0 Å². The molecule has 0 bridgehead atoms. The molecule has 1 aromatic carbocycles. The molecule has 0 aliphatic carbocycles. The van der Waals surface area contributed by atoms with Gasteiger partial charge >= 0.3 is 5.97 Å². The molecule has 0 N–H and O–H groups in total. The van der Waals surface area contributed by atoms with Crippen LogP contribution in [0.3, 0.4) is 0 Å². The maximum atomic E-state index is 12.2. The highest BCUT2D eigenvalue weighted by Crippen LogP contribution is 2.34. The Morgan fingerprint density at radius 3 is 2.65 bits per heavy atom. The van der Waals surface area contributed by atoms with E-state index in [0.29, 0.717) is 33.9 Å². The highest BCUT2D eigenvalue weighted by molar-refractivity contribution is 8.26. The fourth-order valence-electron chi connectivity index (χ4n) is 2.05. The molecule has 1 aliphatic heterocycles. The number of nitrogens with zero attached hydrogens (tertiary/aromatic N) is 1. The largest absolute Gasteiger partial charge is 0.490 e. The van der Waals surface area contributed by atoms with E-state index in [1.165, 1.54) is 18.7 Å². The van der Waals surface area contributed by atoms with Gasteiger partial charge in [0.15, 0.2) is 11.5 Å². The predicted molar refractivity (Wildman–Crippen MR) is 94.5 cm³/mol. The Kier molecular flexibility index (Phi) is 5.79. The summed E-state index contributed by atoms with van der Waals surface area (Å²) < 4.78 is 11.2. The van der Waals surface area contributed by atoms with Gasteiger partial charge in [-0.05, 0) is 37.6 Å². The average molecular weight is 351 g/mol. The number of likely N-dealkylation sites (N-methyl/N-ethyl adjacent to an activating group) is 1. The topological polar surface area (TPSA) is 55.8 Å². The van der Waals surface area contributed by atoms with Gasteiger partial charge in [-0.25, -0.2) is 0 Å². The van der Waals surface area contributed by atoms with Gasteiger partial charge in [-0.15, -0.1) is 0 Å². The number of carbonyl (C=O) groups excluding carboxylic acids is 2. The third-order valence-corrected chi connectivity index (χ3v) is 4.39. The Bertz CT molecular complexity index is 685. The van der Waals surface area contributed by atoms with Gasteiger partial charge < -0.3 is 9.47 Å². The predicted octanol–water partition coefficient (Wildman–Crippen LogP) is 3.23. The molecule has 0 unspecified atom stereocenters. The summed E-state index contributed by atoms with van der Waals surface area (Å²) in [4.78, 5) is 25.5. The second-order valence-corrected chi connectivity index (χ2v) is 6.33. The Hall–Kier alpha value is -1.86. The molecule has 0 atom stereocenters. The lowest BCUT2D eigenvalue weighted by atomic mass is 10.2. The van der Waals surface area contributed by atoms with E-state index >= 15 is 0 Å². The quantitative estimate of drug-likeness (QED) is 0.351. The van der Waals surface area contributed by atoms with E-state index in [9.17, 15) is 9.59 Å². The van der Waals surface area contributed by atoms with Crippen molar-refractivity contribution in [1.82, 2.24) is 4.90 Å². The zero-order valence-electron chi connectivity index (χ0n) is 13.1. The second-order valence-electron chi connectivity index (χ2n) is 4.66. The molecule has 0 saturated carbocycles. The summed E-state index contributed by atoms with van der Waals surface area (Å²) in [5.74, 6) is 0.312. The maximum absolute atomic E-state index is 12.2. The number of ether oxygens (including phenoxy) is 2. The molecule has 0 aromatic heterocycles. The van der Waals surface area contributed by atoms with Crippen LogP contribution < -0.4 is 9.47 Å². The summed E-state index contributed by atoms with van der Waals surface area (Å²) in [6.07, 6.45) is 1.76. The lowest BCUT2D eigenvalue weighted by Gasteiger charge is -2.11. The number of carbonyl (C=O) groups is 2. The summed E-state index contributed by atoms with van der Waals surface area (Å²) in [6.45, 7) is 6.05. The second kappa shape index (κ2) is 7.61. The lowest BCUT2D eigenvalue weighted by Crippen LogP contribution is -2.27. The van der Waals surface area contributed by atoms with Crippen LogP contribution in [-0.4, -0.2) is 34.2 Å². The van der Waals surface area contributed by atoms with E-state index in [2.05, 4.69) is 0 Å². The summed E-state index contributed by atoms with van der Waals surface area (Å²) >= 11 is 6.47. The Balaban J connectivity index is 2.32. The molecule has 1 saturated heterocycles. The highest BCUT2D eigenvalue weighted by atomic mass is 32.2. The van der Waals surface area contributed by atoms with Crippen LogP contribution in [0.2, 0.25) is 0 Å². The number of thiocarbonyl (C=S) groups is 1. The van der Waals surface area contributed by atoms with Gasteiger partial charge in [0.1, 0.15) is 4.32 Å². The molecule has 1 aliphatic rings. The van der Waals surface area contributed by atoms with Crippen molar-refractivity contribution >= 4 is 46.3 Å². The van der Waals surface area contributed by atoms with E-state index < -0.39 is 5.97 Å². The summed E-state index contributed by atoms with van der Waals surface area (Å²) in [5, 5.41) is 0. The molecule has 1 amide bonds. The van der Waals surface area contributed by atoms with Crippen LogP contribution in [0.4, 0.5) is 0 Å². The first-order valence-corrected chi connectivity index (χ1v) is 8.39. The maximum Gasteiger partial charge on any atom is 0.308 e. The minimum absolute atomic E-state index is 0.0930. The van der Waals surface area contributed by atoms with Crippen LogP contribution in [0.25, 0.3) is 6.08 Å². The molecule has 2 rings (SSSR count). The van der Waals surface area contributed by atoms with Crippen LogP contribution in [0.15, 0.2) is 23.1 Å². The molecule has 1 aromatic rings. The van der Waals surface area contributed by atoms with Crippen molar-refractivity contribution in [2.75, 3.05) is 13.2 Å². The first-order valence-electron chi connectivity index (χ1n) is 7.16. The van der Waals surface area contributed by atoms with E-state index in [1.54, 1.807) is 29.2 Å². The molecule has 5 nitrogen and oxygen atoms in total. The number of rotatable bonds is 5. The van der Waals surface area contributed by atoms with Crippen molar-refractivity contribution in [1.29, 1.82) is 0 Å². The van der Waals surface area contributed by atoms with E-state index in [1.807, 2.05) is 13.8 Å². The monoisotopic (exact) mass is 351 g/mol. The average Bonchev–Trinajstić information content (AvgIpc) is 2.75. The van der Waals surface area contributed by atoms with Crippen molar-refractivity contribution < 1.29 is 19.1 Å². The zero-order valence-corrected chi connectivity index (χ0v) is 14.8. The Morgan fingerprint density at radius 1 is 1.35 bits per heavy atom. The number of amides is 1. The van der Waals surface area contributed by atoms with Crippen LogP contribution in [0.1, 0.15) is 26.3 Å². The molecular formula is C16H17NO4S2. The minimum atomic E-state index is -0.414. The molecule has 0 radical (unpaired) electrons. The number of esters is 1. The molecule has 7 heteroatoms. The molecule has 1 heterocycles. The van der Waals surface area contributed by atoms with E-state index in [0.717, 1.165) is 5.56 Å². The summed E-state index contributed by atoms with van der Waals surface area (Å²) in [5.41, 5.74) is 0.779. The number of benzene rings is 1. The van der Waals surface area contributed by atoms with Crippen molar-refractivity contribution in [3.8, 4) is 11.5 Å². The van der Waals surface area contributed by atoms with Gasteiger partial charge in [-0.1, -0.05) is 30.0 Å². The van der Waals surface area contributed by atoms with Gasteiger partial charge in [-0.2, -0.15) is 0 Å². The lowest BCUT2D eigenvalue weighted by molar-refractivity contribution is -0.132. The minimum Gasteiger partial charge on any atom is -0.490 e. The highest BCUT2D eigenvalue weighted by Gasteiger charge is 2.30. The molecule has 122 valence electrons. The number of thioether (sulfide) groups is 1. The molecule has 23 heavy (non-hydrogen) atoms. The van der Waals surface area contributed by atoms with E-state index in [4.69, 9.17) is 21.7 Å².